The molecule has 3 N–H and O–H groups in total. The van der Waals surface area contributed by atoms with Crippen molar-refractivity contribution in [3.05, 3.63) is 0 Å². The summed E-state index contributed by atoms with van der Waals surface area (Å²) in [5, 5.41) is 16.7. The van der Waals surface area contributed by atoms with Crippen LogP contribution in [0.4, 0.5) is 4.79 Å². The summed E-state index contributed by atoms with van der Waals surface area (Å²) < 4.78 is 0. The minimum atomic E-state index is -2.33. The van der Waals surface area contributed by atoms with Gasteiger partial charge in [-0.05, 0) is 6.16 Å². The van der Waals surface area contributed by atoms with E-state index in [1.807, 2.05) is 0 Å². The Bertz CT molecular complexity index is 33.8. The molecule has 0 saturated heterocycles. The van der Waals surface area contributed by atoms with E-state index in [2.05, 4.69) is 0 Å². The van der Waals surface area contributed by atoms with Crippen molar-refractivity contribution in [2.24, 2.45) is 0 Å². The summed E-state index contributed by atoms with van der Waals surface area (Å²) in [6, 6.07) is 0. The van der Waals surface area contributed by atoms with Crippen molar-refractivity contribution < 1.29 is 37.4 Å². The first kappa shape index (κ1) is 16.7. The van der Waals surface area contributed by atoms with E-state index in [0.29, 0.717) is 0 Å². The Labute approximate surface area is 50.3 Å². The van der Waals surface area contributed by atoms with Gasteiger partial charge in [0.25, 0.3) is 0 Å². The first-order valence-corrected chi connectivity index (χ1v) is 0.612. The topological polar surface area (TPSA) is 98.2 Å². The van der Waals surface area contributed by atoms with Crippen LogP contribution in [0.3, 0.4) is 0 Å². The van der Waals surface area contributed by atoms with Crippen LogP contribution in [-0.4, -0.2) is 6.16 Å². The van der Waals surface area contributed by atoms with Gasteiger partial charge in [-0.3, -0.25) is 0 Å². The predicted octanol–water partition coefficient (Wildman–Crippen LogP) is -2.29. The molecule has 5 heteroatoms. The van der Waals surface area contributed by atoms with Crippen molar-refractivity contribution in [1.82, 2.24) is 6.15 Å². The Morgan fingerprint density at radius 1 is 1.33 bits per heavy atom. The van der Waals surface area contributed by atoms with E-state index in [-0.39, 0.29) is 28.5 Å². The van der Waals surface area contributed by atoms with E-state index in [0.717, 1.165) is 0 Å². The fraction of sp³-hybridized carbons (Fsp3) is 0. The van der Waals surface area contributed by atoms with Crippen LogP contribution >= 0.6 is 0 Å². The number of carbonyl (C=O) groups is 1. The third-order valence-corrected chi connectivity index (χ3v) is 0. The maximum absolute atomic E-state index is 8.33. The second kappa shape index (κ2) is 8.88. The molecule has 0 unspecified atom stereocenters. The molecule has 0 aromatic heterocycles. The molecule has 0 amide bonds. The van der Waals surface area contributed by atoms with Gasteiger partial charge in [0.05, 0.1) is 0 Å². The van der Waals surface area contributed by atoms with Crippen molar-refractivity contribution in [2.75, 3.05) is 0 Å². The fourth-order valence-corrected chi connectivity index (χ4v) is 0. The van der Waals surface area contributed by atoms with E-state index in [4.69, 9.17) is 15.0 Å². The molecule has 0 spiro atoms. The molecule has 0 atom stereocenters. The molecule has 0 heterocycles. The Morgan fingerprint density at radius 2 is 1.33 bits per heavy atom. The van der Waals surface area contributed by atoms with Gasteiger partial charge >= 0.3 is 22.4 Å². The zero-order valence-electron chi connectivity index (χ0n) is 2.73. The van der Waals surface area contributed by atoms with Gasteiger partial charge in [-0.15, -0.1) is 0 Å². The van der Waals surface area contributed by atoms with Crippen molar-refractivity contribution in [3.8, 4) is 0 Å². The molecule has 0 aliphatic carbocycles. The van der Waals surface area contributed by atoms with Gasteiger partial charge < -0.3 is 21.2 Å². The van der Waals surface area contributed by atoms with Gasteiger partial charge in [-0.1, -0.05) is 0 Å². The van der Waals surface area contributed by atoms with Crippen LogP contribution in [0.5, 0.6) is 0 Å². The molecule has 0 bridgehead atoms. The average Bonchev–Trinajstić information content (AvgIpc) is 0.811. The standard InChI is InChI=1S/CH2O3.Ag.H3N/c2-1(3)4;;/h(H2,2,3,4);;1H3/q;+2;/p-2. The summed E-state index contributed by atoms with van der Waals surface area (Å²) in [5.41, 5.74) is 0. The van der Waals surface area contributed by atoms with Crippen LogP contribution in [0.2, 0.25) is 0 Å². The van der Waals surface area contributed by atoms with Crippen molar-refractivity contribution >= 4 is 6.16 Å². The van der Waals surface area contributed by atoms with Crippen molar-refractivity contribution in [1.29, 1.82) is 0 Å². The van der Waals surface area contributed by atoms with Crippen molar-refractivity contribution in [3.63, 3.8) is 0 Å². The fourth-order valence-electron chi connectivity index (χ4n) is 0. The normalized spacial score (nSPS) is 4.00. The van der Waals surface area contributed by atoms with E-state index < -0.39 is 6.16 Å². The summed E-state index contributed by atoms with van der Waals surface area (Å²) in [6.07, 6.45) is -2.33. The quantitative estimate of drug-likeness (QED) is 0.429. The molecule has 0 aromatic carbocycles. The van der Waals surface area contributed by atoms with E-state index in [9.17, 15) is 0 Å². The van der Waals surface area contributed by atoms with Gasteiger partial charge in [0.15, 0.2) is 0 Å². The minimum absolute atomic E-state index is 0. The summed E-state index contributed by atoms with van der Waals surface area (Å²) in [5.74, 6) is 0. The Balaban J connectivity index is -0.0000000450. The number of carboxylic acid groups (broad SMARTS) is 2. The second-order valence-electron chi connectivity index (χ2n) is 0.250. The molecule has 1 radical (unpaired) electrons. The van der Waals surface area contributed by atoms with Crippen LogP contribution < -0.4 is 16.4 Å². The first-order valence-electron chi connectivity index (χ1n) is 0.612. The largest absolute Gasteiger partial charge is 2.00 e. The summed E-state index contributed by atoms with van der Waals surface area (Å²) in [6.45, 7) is 0. The Morgan fingerprint density at radius 3 is 1.33 bits per heavy atom. The zero-order valence-corrected chi connectivity index (χ0v) is 4.22. The molecule has 0 aromatic rings. The monoisotopic (exact) mass is 184 g/mol. The molecular formula is CH3AgNO3. The molecule has 4 nitrogen and oxygen atoms in total. The zero-order chi connectivity index (χ0) is 3.58. The SMILES string of the molecule is N.O=C([O-])[O-].[Ag+2]. The predicted molar refractivity (Wildman–Crippen MR) is 10.4 cm³/mol. The summed E-state index contributed by atoms with van der Waals surface area (Å²) in [4.78, 5) is 8.33. The van der Waals surface area contributed by atoms with Gasteiger partial charge in [-0.25, -0.2) is 0 Å². The molecule has 6 heavy (non-hydrogen) atoms. The molecule has 0 aliphatic heterocycles. The van der Waals surface area contributed by atoms with Crippen LogP contribution in [0.25, 0.3) is 0 Å². The number of hydrogen-bond acceptors (Lipinski definition) is 4. The molecule has 0 fully saturated rings. The van der Waals surface area contributed by atoms with E-state index in [1.54, 1.807) is 0 Å². The number of hydrogen-bond donors (Lipinski definition) is 1. The third-order valence-electron chi connectivity index (χ3n) is 0. The van der Waals surface area contributed by atoms with E-state index in [1.165, 1.54) is 0 Å². The van der Waals surface area contributed by atoms with E-state index >= 15 is 0 Å². The van der Waals surface area contributed by atoms with Gasteiger partial charge in [0.2, 0.25) is 0 Å². The minimum Gasteiger partial charge on any atom is -0.652 e. The first-order chi connectivity index (χ1) is 1.73. The average molecular weight is 185 g/mol. The van der Waals surface area contributed by atoms with Crippen LogP contribution in [0.15, 0.2) is 0 Å². The molecular weight excluding hydrogens is 182 g/mol. The number of carbonyl (C=O) groups excluding carboxylic acids is 1. The van der Waals surface area contributed by atoms with Gasteiger partial charge in [0, 0.05) is 0 Å². The Hall–Kier alpha value is -0.0297. The maximum Gasteiger partial charge on any atom is 2.00 e. The van der Waals surface area contributed by atoms with Gasteiger partial charge in [-0.2, -0.15) is 0 Å². The summed E-state index contributed by atoms with van der Waals surface area (Å²) >= 11 is 0. The molecule has 0 aliphatic rings. The van der Waals surface area contributed by atoms with Crippen LogP contribution in [0.1, 0.15) is 0 Å². The second-order valence-corrected chi connectivity index (χ2v) is 0.250. The van der Waals surface area contributed by atoms with Crippen LogP contribution in [0, 0.1) is 0 Å². The Kier molecular flexibility index (Phi) is 24.7. The molecule has 0 rings (SSSR count). The van der Waals surface area contributed by atoms with Crippen molar-refractivity contribution in [2.45, 2.75) is 0 Å². The van der Waals surface area contributed by atoms with Gasteiger partial charge in [0.1, 0.15) is 0 Å². The summed E-state index contributed by atoms with van der Waals surface area (Å²) in [7, 11) is 0. The smallest absolute Gasteiger partial charge is 0.652 e. The maximum atomic E-state index is 8.33. The van der Waals surface area contributed by atoms with Crippen LogP contribution in [-0.2, 0) is 22.4 Å². The third kappa shape index (κ3) is 39600. The number of rotatable bonds is 0. The molecule has 41 valence electrons. The molecule has 0 saturated carbocycles.